The number of benzene rings is 3. The van der Waals surface area contributed by atoms with E-state index in [1.165, 1.54) is 27.8 Å². The average Bonchev–Trinajstić information content (AvgIpc) is 3.34. The molecule has 0 aliphatic rings. The summed E-state index contributed by atoms with van der Waals surface area (Å²) in [4.78, 5) is 45.7. The van der Waals surface area contributed by atoms with Crippen LogP contribution < -0.4 is 16.2 Å². The minimum atomic E-state index is -0.525. The van der Waals surface area contributed by atoms with Gasteiger partial charge in [0, 0.05) is 42.5 Å². The Hall–Kier alpha value is -5.09. The minimum absolute atomic E-state index is 0.0456. The van der Waals surface area contributed by atoms with Crippen molar-refractivity contribution in [3.8, 4) is 17.1 Å². The molecule has 2 amide bonds. The van der Waals surface area contributed by atoms with Crippen molar-refractivity contribution in [3.63, 3.8) is 0 Å². The highest BCUT2D eigenvalue weighted by atomic mass is 19.1. The predicted octanol–water partition coefficient (Wildman–Crippen LogP) is 4.91. The van der Waals surface area contributed by atoms with Crippen molar-refractivity contribution in [2.75, 3.05) is 26.5 Å². The molecule has 2 N–H and O–H groups in total. The number of carbonyl (C=O) groups excluding carboxylic acids is 2. The Kier molecular flexibility index (Phi) is 8.46. The Balaban J connectivity index is 1.64. The summed E-state index contributed by atoms with van der Waals surface area (Å²) in [5.41, 5.74) is 4.88. The summed E-state index contributed by atoms with van der Waals surface area (Å²) < 4.78 is 17.5. The highest BCUT2D eigenvalue weighted by Gasteiger charge is 2.21. The van der Waals surface area contributed by atoms with Crippen molar-refractivity contribution >= 4 is 28.4 Å². The first kappa shape index (κ1) is 30.4. The van der Waals surface area contributed by atoms with Gasteiger partial charge in [0.05, 0.1) is 24.3 Å². The van der Waals surface area contributed by atoms with E-state index in [0.29, 0.717) is 22.5 Å². The standard InChI is InChI=1S/C34H35FN6O3/c1-20-18-40(30-14-13-24(35)16-28(20)30)25-10-7-9-23(15-25)19-41-31(26-11-8-12-27(21(26)2)33(43)39(5)6)37-17-29(34(41)44)38-32(42)22(3)36-4/h7-18,22,36H,19H2,1-6H3,(H,38,42)/t22-/m0/s1. The number of nitrogens with one attached hydrogen (secondary N) is 2. The zero-order chi connectivity index (χ0) is 31.7. The van der Waals surface area contributed by atoms with E-state index in [0.717, 1.165) is 27.7 Å². The molecule has 226 valence electrons. The molecule has 5 aromatic rings. The molecule has 44 heavy (non-hydrogen) atoms. The van der Waals surface area contributed by atoms with Crippen molar-refractivity contribution in [1.82, 2.24) is 24.3 Å². The Bertz CT molecular complexity index is 1960. The Morgan fingerprint density at radius 3 is 2.52 bits per heavy atom. The second-order valence-corrected chi connectivity index (χ2v) is 11.1. The molecule has 0 bridgehead atoms. The number of hydrogen-bond acceptors (Lipinski definition) is 5. The molecule has 0 aliphatic heterocycles. The molecule has 2 heterocycles. The Morgan fingerprint density at radius 2 is 1.80 bits per heavy atom. The van der Waals surface area contributed by atoms with Crippen molar-refractivity contribution in [1.29, 1.82) is 0 Å². The third kappa shape index (κ3) is 5.76. The number of halogens is 1. The number of carbonyl (C=O) groups is 2. The number of aryl methyl sites for hydroxylation is 1. The monoisotopic (exact) mass is 594 g/mol. The summed E-state index contributed by atoms with van der Waals surface area (Å²) in [6.45, 7) is 5.60. The number of rotatable bonds is 8. The van der Waals surface area contributed by atoms with Gasteiger partial charge in [0.15, 0.2) is 0 Å². The largest absolute Gasteiger partial charge is 0.345 e. The van der Waals surface area contributed by atoms with E-state index in [-0.39, 0.29) is 29.9 Å². The van der Waals surface area contributed by atoms with Gasteiger partial charge in [-0.3, -0.25) is 19.0 Å². The van der Waals surface area contributed by atoms with Crippen molar-refractivity contribution in [2.45, 2.75) is 33.4 Å². The maximum absolute atomic E-state index is 14.0. The van der Waals surface area contributed by atoms with E-state index < -0.39 is 11.6 Å². The number of hydrogen-bond donors (Lipinski definition) is 2. The second kappa shape index (κ2) is 12.3. The average molecular weight is 595 g/mol. The molecule has 2 aromatic heterocycles. The van der Waals surface area contributed by atoms with E-state index >= 15 is 0 Å². The van der Waals surface area contributed by atoms with Crippen LogP contribution in [0.5, 0.6) is 0 Å². The van der Waals surface area contributed by atoms with E-state index in [1.54, 1.807) is 46.3 Å². The summed E-state index contributed by atoms with van der Waals surface area (Å²) in [6, 6.07) is 17.2. The van der Waals surface area contributed by atoms with E-state index in [9.17, 15) is 18.8 Å². The number of nitrogens with zero attached hydrogens (tertiary/aromatic N) is 4. The van der Waals surface area contributed by atoms with E-state index in [1.807, 2.05) is 54.9 Å². The third-order valence-corrected chi connectivity index (χ3v) is 7.84. The molecule has 5 rings (SSSR count). The number of aromatic nitrogens is 3. The first-order valence-corrected chi connectivity index (χ1v) is 14.3. The molecule has 3 aromatic carbocycles. The molecule has 9 nitrogen and oxygen atoms in total. The van der Waals surface area contributed by atoms with Crippen LogP contribution in [-0.2, 0) is 11.3 Å². The van der Waals surface area contributed by atoms with Gasteiger partial charge in [-0.1, -0.05) is 24.3 Å². The van der Waals surface area contributed by atoms with Crippen molar-refractivity contribution in [3.05, 3.63) is 111 Å². The van der Waals surface area contributed by atoms with Crippen LogP contribution in [0.15, 0.2) is 77.9 Å². The van der Waals surface area contributed by atoms with Gasteiger partial charge >= 0.3 is 0 Å². The molecule has 0 unspecified atom stereocenters. The van der Waals surface area contributed by atoms with Crippen LogP contribution in [0.25, 0.3) is 28.0 Å². The maximum Gasteiger partial charge on any atom is 0.277 e. The molecule has 10 heteroatoms. The predicted molar refractivity (Wildman–Crippen MR) is 171 cm³/mol. The number of likely N-dealkylation sites (N-methyl/N-ethyl adjacent to an activating group) is 1. The van der Waals surface area contributed by atoms with Crippen LogP contribution in [0.2, 0.25) is 0 Å². The smallest absolute Gasteiger partial charge is 0.277 e. The highest BCUT2D eigenvalue weighted by Crippen LogP contribution is 2.28. The lowest BCUT2D eigenvalue weighted by molar-refractivity contribution is -0.117. The zero-order valence-corrected chi connectivity index (χ0v) is 25.6. The Morgan fingerprint density at radius 1 is 1.05 bits per heavy atom. The van der Waals surface area contributed by atoms with Crippen LogP contribution >= 0.6 is 0 Å². The maximum atomic E-state index is 14.0. The van der Waals surface area contributed by atoms with Gasteiger partial charge in [-0.05, 0) is 80.9 Å². The van der Waals surface area contributed by atoms with Crippen LogP contribution in [0.1, 0.15) is 34.0 Å². The molecule has 0 radical (unpaired) electrons. The van der Waals surface area contributed by atoms with Gasteiger partial charge in [-0.15, -0.1) is 0 Å². The molecule has 0 fully saturated rings. The van der Waals surface area contributed by atoms with Gasteiger partial charge in [-0.2, -0.15) is 0 Å². The first-order valence-electron chi connectivity index (χ1n) is 14.3. The van der Waals surface area contributed by atoms with Crippen LogP contribution in [0.3, 0.4) is 0 Å². The lowest BCUT2D eigenvalue weighted by Gasteiger charge is -2.19. The summed E-state index contributed by atoms with van der Waals surface area (Å²) >= 11 is 0. The summed E-state index contributed by atoms with van der Waals surface area (Å²) in [5, 5.41) is 6.38. The zero-order valence-electron chi connectivity index (χ0n) is 25.6. The van der Waals surface area contributed by atoms with Crippen LogP contribution in [-0.4, -0.2) is 58.0 Å². The molecule has 1 atom stereocenters. The van der Waals surface area contributed by atoms with Crippen molar-refractivity contribution in [2.24, 2.45) is 0 Å². The first-order chi connectivity index (χ1) is 21.0. The fourth-order valence-electron chi connectivity index (χ4n) is 5.23. The van der Waals surface area contributed by atoms with Crippen molar-refractivity contribution < 1.29 is 14.0 Å². The fraction of sp³-hybridized carbons (Fsp3) is 0.235. The van der Waals surface area contributed by atoms with Crippen LogP contribution in [0.4, 0.5) is 10.1 Å². The third-order valence-electron chi connectivity index (χ3n) is 7.84. The van der Waals surface area contributed by atoms with Gasteiger partial charge in [0.2, 0.25) is 5.91 Å². The fourth-order valence-corrected chi connectivity index (χ4v) is 5.23. The topological polar surface area (TPSA) is 101 Å². The SMILES string of the molecule is CN[C@@H](C)C(=O)Nc1cnc(-c2cccc(C(=O)N(C)C)c2C)n(Cc2cccc(-n3cc(C)c4cc(F)ccc43)c2)c1=O. The molecule has 0 saturated carbocycles. The molecule has 0 spiro atoms. The quantitative estimate of drug-likeness (QED) is 0.266. The van der Waals surface area contributed by atoms with Gasteiger partial charge in [-0.25, -0.2) is 9.37 Å². The molecular weight excluding hydrogens is 559 g/mol. The summed E-state index contributed by atoms with van der Waals surface area (Å²) in [7, 11) is 5.03. The Labute approximate surface area is 255 Å². The summed E-state index contributed by atoms with van der Waals surface area (Å²) in [6.07, 6.45) is 3.32. The second-order valence-electron chi connectivity index (χ2n) is 11.1. The molecular formula is C34H35FN6O3. The molecule has 0 aliphatic carbocycles. The van der Waals surface area contributed by atoms with Gasteiger partial charge < -0.3 is 20.1 Å². The number of fused-ring (bicyclic) bond motifs is 1. The minimum Gasteiger partial charge on any atom is -0.345 e. The van der Waals surface area contributed by atoms with E-state index in [4.69, 9.17) is 0 Å². The van der Waals surface area contributed by atoms with E-state index in [2.05, 4.69) is 15.6 Å². The summed E-state index contributed by atoms with van der Waals surface area (Å²) in [5.74, 6) is -0.461. The highest BCUT2D eigenvalue weighted by molar-refractivity contribution is 5.97. The van der Waals surface area contributed by atoms with Crippen LogP contribution in [0, 0.1) is 19.7 Å². The lowest BCUT2D eigenvalue weighted by Crippen LogP contribution is -2.38. The lowest BCUT2D eigenvalue weighted by atomic mass is 10.0. The normalized spacial score (nSPS) is 11.9. The van der Waals surface area contributed by atoms with Gasteiger partial charge in [0.1, 0.15) is 17.3 Å². The number of anilines is 1. The number of amides is 2. The molecule has 0 saturated heterocycles. The van der Waals surface area contributed by atoms with Gasteiger partial charge in [0.25, 0.3) is 11.5 Å².